The smallest absolute Gasteiger partial charge is 0.254 e. The molecule has 108 valence electrons. The molecule has 2 aliphatic rings. The zero-order valence-corrected chi connectivity index (χ0v) is 11.9. The average molecular weight is 282 g/mol. The fourth-order valence-electron chi connectivity index (χ4n) is 3.25. The molecule has 0 saturated heterocycles. The van der Waals surface area contributed by atoms with Crippen LogP contribution in [0.5, 0.6) is 5.75 Å². The topological polar surface area (TPSA) is 55.0 Å². The van der Waals surface area contributed by atoms with E-state index in [1.165, 1.54) is 12.0 Å². The van der Waals surface area contributed by atoms with Crippen LogP contribution in [0.2, 0.25) is 0 Å². The van der Waals surface area contributed by atoms with Gasteiger partial charge in [0, 0.05) is 17.5 Å². The van der Waals surface area contributed by atoms with Crippen LogP contribution in [0, 0.1) is 0 Å². The van der Waals surface area contributed by atoms with Crippen LogP contribution in [-0.2, 0) is 19.3 Å². The number of aromatic amines is 1. The number of hydrogen-bond donors (Lipinski definition) is 1. The van der Waals surface area contributed by atoms with Crippen LogP contribution in [0.4, 0.5) is 0 Å². The van der Waals surface area contributed by atoms with Gasteiger partial charge in [-0.15, -0.1) is 0 Å². The lowest BCUT2D eigenvalue weighted by atomic mass is 10.1. The molecule has 1 aromatic carbocycles. The molecular weight excluding hydrogens is 264 g/mol. The summed E-state index contributed by atoms with van der Waals surface area (Å²) in [5.74, 6) is 1.64. The number of benzene rings is 1. The Morgan fingerprint density at radius 3 is 2.95 bits per heavy atom. The monoisotopic (exact) mass is 282 g/mol. The van der Waals surface area contributed by atoms with Crippen molar-refractivity contribution in [2.75, 3.05) is 6.61 Å². The average Bonchev–Trinajstić information content (AvgIpc) is 2.83. The van der Waals surface area contributed by atoms with E-state index in [1.54, 1.807) is 0 Å². The quantitative estimate of drug-likeness (QED) is 0.818. The fraction of sp³-hybridized carbons (Fsp3) is 0.412. The highest BCUT2D eigenvalue weighted by Gasteiger charge is 2.17. The Labute approximate surface area is 123 Å². The fourth-order valence-corrected chi connectivity index (χ4v) is 3.25. The summed E-state index contributed by atoms with van der Waals surface area (Å²) in [4.78, 5) is 20.0. The van der Waals surface area contributed by atoms with Crippen molar-refractivity contribution in [2.24, 2.45) is 0 Å². The standard InChI is InChI=1S/C17H18N2O2/c20-17-13-4-2-1-3-5-14(13)18-16(19-17)12-6-7-15-11(10-12)8-9-21-15/h6-7,10H,1-5,8-9H2,(H,18,19,20). The normalized spacial score (nSPS) is 16.8. The molecule has 2 heterocycles. The molecule has 1 aromatic heterocycles. The van der Waals surface area contributed by atoms with Gasteiger partial charge in [-0.3, -0.25) is 4.79 Å². The van der Waals surface area contributed by atoms with Crippen LogP contribution < -0.4 is 10.3 Å². The third kappa shape index (κ3) is 2.24. The van der Waals surface area contributed by atoms with Gasteiger partial charge < -0.3 is 9.72 Å². The van der Waals surface area contributed by atoms with E-state index in [0.717, 1.165) is 61.3 Å². The second kappa shape index (κ2) is 5.02. The molecule has 1 N–H and O–H groups in total. The van der Waals surface area contributed by atoms with E-state index < -0.39 is 0 Å². The van der Waals surface area contributed by atoms with Gasteiger partial charge in [0.2, 0.25) is 0 Å². The van der Waals surface area contributed by atoms with Crippen molar-refractivity contribution in [3.8, 4) is 17.1 Å². The third-order valence-electron chi connectivity index (χ3n) is 4.40. The van der Waals surface area contributed by atoms with E-state index in [-0.39, 0.29) is 5.56 Å². The maximum Gasteiger partial charge on any atom is 0.254 e. The molecule has 4 nitrogen and oxygen atoms in total. The first kappa shape index (κ1) is 12.6. The van der Waals surface area contributed by atoms with Crippen LogP contribution in [0.1, 0.15) is 36.1 Å². The second-order valence-corrected chi connectivity index (χ2v) is 5.82. The van der Waals surface area contributed by atoms with Crippen LogP contribution in [-0.4, -0.2) is 16.6 Å². The lowest BCUT2D eigenvalue weighted by Crippen LogP contribution is -2.18. The number of ether oxygens (including phenoxy) is 1. The molecule has 0 saturated carbocycles. The Bertz CT molecular complexity index is 749. The van der Waals surface area contributed by atoms with Crippen molar-refractivity contribution in [1.29, 1.82) is 0 Å². The Morgan fingerprint density at radius 1 is 1.10 bits per heavy atom. The molecule has 0 amide bonds. The summed E-state index contributed by atoms with van der Waals surface area (Å²) >= 11 is 0. The predicted octanol–water partition coefficient (Wildman–Crippen LogP) is 2.64. The molecule has 2 aromatic rings. The summed E-state index contributed by atoms with van der Waals surface area (Å²) in [7, 11) is 0. The van der Waals surface area contributed by atoms with Crippen molar-refractivity contribution in [2.45, 2.75) is 38.5 Å². The van der Waals surface area contributed by atoms with E-state index in [1.807, 2.05) is 12.1 Å². The summed E-state index contributed by atoms with van der Waals surface area (Å²) in [6, 6.07) is 6.04. The minimum absolute atomic E-state index is 0.0358. The molecule has 0 spiro atoms. The van der Waals surface area contributed by atoms with E-state index in [0.29, 0.717) is 5.82 Å². The van der Waals surface area contributed by atoms with Crippen LogP contribution in [0.25, 0.3) is 11.4 Å². The Morgan fingerprint density at radius 2 is 2.00 bits per heavy atom. The van der Waals surface area contributed by atoms with Gasteiger partial charge in [-0.1, -0.05) is 6.42 Å². The second-order valence-electron chi connectivity index (χ2n) is 5.82. The SMILES string of the molecule is O=c1[nH]c(-c2ccc3c(c2)CCO3)nc2c1CCCCC2. The highest BCUT2D eigenvalue weighted by atomic mass is 16.5. The lowest BCUT2D eigenvalue weighted by Gasteiger charge is -2.08. The van der Waals surface area contributed by atoms with E-state index >= 15 is 0 Å². The summed E-state index contributed by atoms with van der Waals surface area (Å²) in [6.07, 6.45) is 6.10. The van der Waals surface area contributed by atoms with Crippen molar-refractivity contribution in [3.05, 3.63) is 45.4 Å². The Hall–Kier alpha value is -2.10. The van der Waals surface area contributed by atoms with Gasteiger partial charge in [0.25, 0.3) is 5.56 Å². The zero-order valence-electron chi connectivity index (χ0n) is 11.9. The molecule has 0 radical (unpaired) electrons. The number of nitrogens with one attached hydrogen (secondary N) is 1. The van der Waals surface area contributed by atoms with Crippen molar-refractivity contribution in [3.63, 3.8) is 0 Å². The van der Waals surface area contributed by atoms with Crippen molar-refractivity contribution < 1.29 is 4.74 Å². The molecule has 1 aliphatic heterocycles. The van der Waals surface area contributed by atoms with E-state index in [9.17, 15) is 4.79 Å². The summed E-state index contributed by atoms with van der Waals surface area (Å²) in [5, 5.41) is 0. The molecule has 21 heavy (non-hydrogen) atoms. The van der Waals surface area contributed by atoms with Gasteiger partial charge in [0.1, 0.15) is 11.6 Å². The maximum absolute atomic E-state index is 12.3. The predicted molar refractivity (Wildman–Crippen MR) is 80.8 cm³/mol. The van der Waals surface area contributed by atoms with Crippen LogP contribution in [0.3, 0.4) is 0 Å². The van der Waals surface area contributed by atoms with Crippen LogP contribution >= 0.6 is 0 Å². The highest BCUT2D eigenvalue weighted by Crippen LogP contribution is 2.29. The number of hydrogen-bond acceptors (Lipinski definition) is 3. The largest absolute Gasteiger partial charge is 0.493 e. The van der Waals surface area contributed by atoms with Gasteiger partial charge in [-0.05, 0) is 49.4 Å². The molecule has 4 rings (SSSR count). The number of fused-ring (bicyclic) bond motifs is 2. The molecule has 0 fully saturated rings. The van der Waals surface area contributed by atoms with Gasteiger partial charge in [-0.2, -0.15) is 0 Å². The molecule has 0 bridgehead atoms. The molecule has 1 aliphatic carbocycles. The van der Waals surface area contributed by atoms with Gasteiger partial charge in [0.05, 0.1) is 12.3 Å². The number of H-pyrrole nitrogens is 1. The summed E-state index contributed by atoms with van der Waals surface area (Å²) in [6.45, 7) is 0.743. The minimum Gasteiger partial charge on any atom is -0.493 e. The summed E-state index contributed by atoms with van der Waals surface area (Å²) < 4.78 is 5.53. The molecule has 0 unspecified atom stereocenters. The van der Waals surface area contributed by atoms with Crippen molar-refractivity contribution >= 4 is 0 Å². The molecule has 0 atom stereocenters. The Kier molecular flexibility index (Phi) is 3.02. The van der Waals surface area contributed by atoms with Crippen molar-refractivity contribution in [1.82, 2.24) is 9.97 Å². The third-order valence-corrected chi connectivity index (χ3v) is 4.40. The minimum atomic E-state index is 0.0358. The molecule has 4 heteroatoms. The summed E-state index contributed by atoms with van der Waals surface area (Å²) in [5.41, 5.74) is 4.09. The lowest BCUT2D eigenvalue weighted by molar-refractivity contribution is 0.357. The highest BCUT2D eigenvalue weighted by molar-refractivity contribution is 5.59. The first-order chi connectivity index (χ1) is 10.3. The maximum atomic E-state index is 12.3. The zero-order chi connectivity index (χ0) is 14.2. The van der Waals surface area contributed by atoms with Crippen LogP contribution in [0.15, 0.2) is 23.0 Å². The number of aryl methyl sites for hydroxylation is 1. The molecular formula is C17H18N2O2. The first-order valence-corrected chi connectivity index (χ1v) is 7.69. The van der Waals surface area contributed by atoms with E-state index in [2.05, 4.69) is 11.1 Å². The number of aromatic nitrogens is 2. The first-order valence-electron chi connectivity index (χ1n) is 7.69. The Balaban J connectivity index is 1.80. The number of rotatable bonds is 1. The van der Waals surface area contributed by atoms with Gasteiger partial charge in [-0.25, -0.2) is 4.98 Å². The van der Waals surface area contributed by atoms with E-state index in [4.69, 9.17) is 9.72 Å². The number of nitrogens with zero attached hydrogens (tertiary/aromatic N) is 1. The van der Waals surface area contributed by atoms with Gasteiger partial charge >= 0.3 is 0 Å². The van der Waals surface area contributed by atoms with Gasteiger partial charge in [0.15, 0.2) is 0 Å².